The third kappa shape index (κ3) is 3.72. The second-order valence-corrected chi connectivity index (χ2v) is 2.51. The Morgan fingerprint density at radius 2 is 2.20 bits per heavy atom. The molecule has 0 N–H and O–H groups in total. The molecule has 0 amide bonds. The van der Waals surface area contributed by atoms with Crippen LogP contribution in [0.2, 0.25) is 0 Å². The number of hydrogen-bond acceptors (Lipinski definition) is 2. The van der Waals surface area contributed by atoms with Crippen molar-refractivity contribution in [2.24, 2.45) is 4.99 Å². The number of hydrogen-bond donors (Lipinski definition) is 0. The van der Waals surface area contributed by atoms with Crippen LogP contribution >= 0.6 is 11.8 Å². The molecule has 0 aromatic heterocycles. The summed E-state index contributed by atoms with van der Waals surface area (Å²) in [7, 11) is 0. The van der Waals surface area contributed by atoms with Crippen molar-refractivity contribution in [2.45, 2.75) is 20.3 Å². The molecule has 1 aliphatic rings. The number of rotatable bonds is 1. The minimum atomic E-state index is 0.976. The third-order valence-electron chi connectivity index (χ3n) is 1.06. The standard InChI is InChI=1S/C6H9NS.C2H6/c1-8-6-3-2-4-7-5-6;1-2/h3,5H,2,4H2,1H3;1-2H3. The van der Waals surface area contributed by atoms with Gasteiger partial charge in [0.1, 0.15) is 0 Å². The largest absolute Gasteiger partial charge is 0.292 e. The van der Waals surface area contributed by atoms with E-state index in [9.17, 15) is 0 Å². The fourth-order valence-corrected chi connectivity index (χ4v) is 1.09. The van der Waals surface area contributed by atoms with Crippen LogP contribution in [0.5, 0.6) is 0 Å². The molecule has 10 heavy (non-hydrogen) atoms. The summed E-state index contributed by atoms with van der Waals surface area (Å²) in [5.41, 5.74) is 0. The van der Waals surface area contributed by atoms with Crippen LogP contribution in [-0.4, -0.2) is 19.0 Å². The molecular formula is C8H15NS. The predicted octanol–water partition coefficient (Wildman–Crippen LogP) is 2.73. The first kappa shape index (κ1) is 9.76. The van der Waals surface area contributed by atoms with E-state index in [-0.39, 0.29) is 0 Å². The van der Waals surface area contributed by atoms with Crippen molar-refractivity contribution in [3.63, 3.8) is 0 Å². The topological polar surface area (TPSA) is 12.4 Å². The Hall–Kier alpha value is -0.240. The SMILES string of the molecule is CC.CSC1=CCCN=C1. The van der Waals surface area contributed by atoms with Gasteiger partial charge < -0.3 is 0 Å². The van der Waals surface area contributed by atoms with Crippen LogP contribution in [0.15, 0.2) is 16.0 Å². The fraction of sp³-hybridized carbons (Fsp3) is 0.625. The van der Waals surface area contributed by atoms with Crippen molar-refractivity contribution < 1.29 is 0 Å². The Labute approximate surface area is 67.6 Å². The highest BCUT2D eigenvalue weighted by atomic mass is 32.2. The van der Waals surface area contributed by atoms with Gasteiger partial charge in [-0.05, 0) is 12.7 Å². The highest BCUT2D eigenvalue weighted by Gasteiger charge is 1.92. The predicted molar refractivity (Wildman–Crippen MR) is 50.9 cm³/mol. The number of allylic oxidation sites excluding steroid dienone is 1. The van der Waals surface area contributed by atoms with Crippen molar-refractivity contribution in [3.05, 3.63) is 11.0 Å². The van der Waals surface area contributed by atoms with Crippen LogP contribution in [0.25, 0.3) is 0 Å². The minimum Gasteiger partial charge on any atom is -0.292 e. The molecule has 0 saturated carbocycles. The van der Waals surface area contributed by atoms with E-state index < -0.39 is 0 Å². The van der Waals surface area contributed by atoms with Crippen LogP contribution in [-0.2, 0) is 0 Å². The maximum absolute atomic E-state index is 4.12. The van der Waals surface area contributed by atoms with Gasteiger partial charge in [-0.1, -0.05) is 19.9 Å². The molecule has 1 heterocycles. The first-order valence-corrected chi connectivity index (χ1v) is 4.90. The van der Waals surface area contributed by atoms with Gasteiger partial charge in [-0.2, -0.15) is 0 Å². The zero-order chi connectivity index (χ0) is 7.82. The van der Waals surface area contributed by atoms with Crippen molar-refractivity contribution in [1.82, 2.24) is 0 Å². The van der Waals surface area contributed by atoms with Crippen molar-refractivity contribution in [1.29, 1.82) is 0 Å². The molecule has 0 unspecified atom stereocenters. The van der Waals surface area contributed by atoms with Crippen LogP contribution < -0.4 is 0 Å². The quantitative estimate of drug-likeness (QED) is 0.570. The number of nitrogens with zero attached hydrogens (tertiary/aromatic N) is 1. The summed E-state index contributed by atoms with van der Waals surface area (Å²) in [6, 6.07) is 0. The van der Waals surface area contributed by atoms with E-state index in [1.165, 1.54) is 4.91 Å². The number of dihydropyridines is 1. The van der Waals surface area contributed by atoms with E-state index in [2.05, 4.69) is 17.3 Å². The summed E-state index contributed by atoms with van der Waals surface area (Å²) in [4.78, 5) is 5.42. The Kier molecular flexibility index (Phi) is 6.71. The van der Waals surface area contributed by atoms with Gasteiger partial charge >= 0.3 is 0 Å². The molecule has 0 radical (unpaired) electrons. The number of aliphatic imine (C=N–C) groups is 1. The third-order valence-corrected chi connectivity index (χ3v) is 1.80. The Balaban J connectivity index is 0.000000371. The minimum absolute atomic E-state index is 0.976. The monoisotopic (exact) mass is 157 g/mol. The van der Waals surface area contributed by atoms with Gasteiger partial charge in [0.2, 0.25) is 0 Å². The zero-order valence-electron chi connectivity index (χ0n) is 6.92. The second kappa shape index (κ2) is 6.87. The van der Waals surface area contributed by atoms with E-state index in [1.807, 2.05) is 20.1 Å². The Bertz CT molecular complexity index is 127. The highest BCUT2D eigenvalue weighted by Crippen LogP contribution is 2.11. The summed E-state index contributed by atoms with van der Waals surface area (Å²) in [6.07, 6.45) is 7.35. The first-order valence-electron chi connectivity index (χ1n) is 3.67. The highest BCUT2D eigenvalue weighted by molar-refractivity contribution is 8.03. The molecule has 0 aromatic rings. The molecule has 0 saturated heterocycles. The summed E-state index contributed by atoms with van der Waals surface area (Å²) in [6.45, 7) is 4.98. The van der Waals surface area contributed by atoms with Gasteiger partial charge in [-0.25, -0.2) is 0 Å². The van der Waals surface area contributed by atoms with Gasteiger partial charge in [0.15, 0.2) is 0 Å². The van der Waals surface area contributed by atoms with E-state index in [0.717, 1.165) is 13.0 Å². The van der Waals surface area contributed by atoms with E-state index in [1.54, 1.807) is 11.8 Å². The summed E-state index contributed by atoms with van der Waals surface area (Å²) in [5.74, 6) is 0. The van der Waals surface area contributed by atoms with Crippen molar-refractivity contribution in [2.75, 3.05) is 12.8 Å². The summed E-state index contributed by atoms with van der Waals surface area (Å²) in [5, 5.41) is 0. The molecule has 1 rings (SSSR count). The van der Waals surface area contributed by atoms with E-state index in [0.29, 0.717) is 0 Å². The summed E-state index contributed by atoms with van der Waals surface area (Å²) >= 11 is 1.76. The van der Waals surface area contributed by atoms with Gasteiger partial charge in [0, 0.05) is 17.7 Å². The van der Waals surface area contributed by atoms with Crippen LogP contribution in [0.4, 0.5) is 0 Å². The second-order valence-electron chi connectivity index (χ2n) is 1.63. The molecule has 58 valence electrons. The van der Waals surface area contributed by atoms with Crippen molar-refractivity contribution in [3.8, 4) is 0 Å². The molecule has 1 nitrogen and oxygen atoms in total. The van der Waals surface area contributed by atoms with Gasteiger partial charge in [-0.3, -0.25) is 4.99 Å². The molecule has 0 atom stereocenters. The molecule has 0 bridgehead atoms. The average Bonchev–Trinajstić information content (AvgIpc) is 2.10. The van der Waals surface area contributed by atoms with Crippen LogP contribution in [0.1, 0.15) is 20.3 Å². The normalized spacial score (nSPS) is 15.3. The van der Waals surface area contributed by atoms with Gasteiger partial charge in [-0.15, -0.1) is 11.8 Å². The lowest BCUT2D eigenvalue weighted by Gasteiger charge is -2.00. The first-order chi connectivity index (χ1) is 4.93. The average molecular weight is 157 g/mol. The molecule has 1 aliphatic heterocycles. The number of thioether (sulfide) groups is 1. The molecule has 0 aliphatic carbocycles. The maximum atomic E-state index is 4.12. The molecular weight excluding hydrogens is 142 g/mol. The van der Waals surface area contributed by atoms with Crippen molar-refractivity contribution >= 4 is 18.0 Å². The smallest absolute Gasteiger partial charge is 0.0424 e. The lowest BCUT2D eigenvalue weighted by Crippen LogP contribution is -1.89. The lowest BCUT2D eigenvalue weighted by atomic mass is 10.3. The van der Waals surface area contributed by atoms with Crippen LogP contribution in [0.3, 0.4) is 0 Å². The van der Waals surface area contributed by atoms with E-state index in [4.69, 9.17) is 0 Å². The maximum Gasteiger partial charge on any atom is 0.0424 e. The Morgan fingerprint density at radius 1 is 1.50 bits per heavy atom. The van der Waals surface area contributed by atoms with Crippen LogP contribution in [0, 0.1) is 0 Å². The fourth-order valence-electron chi connectivity index (χ4n) is 0.625. The Morgan fingerprint density at radius 3 is 2.50 bits per heavy atom. The molecule has 0 fully saturated rings. The lowest BCUT2D eigenvalue weighted by molar-refractivity contribution is 1.000. The zero-order valence-corrected chi connectivity index (χ0v) is 7.74. The van der Waals surface area contributed by atoms with Gasteiger partial charge in [0.25, 0.3) is 0 Å². The molecule has 0 aromatic carbocycles. The molecule has 0 spiro atoms. The molecule has 2 heteroatoms. The summed E-state index contributed by atoms with van der Waals surface area (Å²) < 4.78 is 0. The van der Waals surface area contributed by atoms with E-state index >= 15 is 0 Å². The van der Waals surface area contributed by atoms with Gasteiger partial charge in [0.05, 0.1) is 0 Å².